The SMILES string of the molecule is CC(=O)C1=C(C)[C@H]2C[C@]3(C)C[C@H](C3(C)C)[C@@]2(C)C1. The Labute approximate surface area is 111 Å². The van der Waals surface area contributed by atoms with Gasteiger partial charge in [-0.3, -0.25) is 4.79 Å². The van der Waals surface area contributed by atoms with Crippen LogP contribution < -0.4 is 0 Å². The maximum absolute atomic E-state index is 11.8. The fraction of sp³-hybridized carbons (Fsp3) is 0.824. The highest BCUT2D eigenvalue weighted by atomic mass is 16.1. The second kappa shape index (κ2) is 3.11. The van der Waals surface area contributed by atoms with E-state index in [1.807, 2.05) is 0 Å². The normalized spacial score (nSPS) is 48.8. The Morgan fingerprint density at radius 1 is 1.17 bits per heavy atom. The van der Waals surface area contributed by atoms with E-state index < -0.39 is 0 Å². The van der Waals surface area contributed by atoms with E-state index in [-0.39, 0.29) is 0 Å². The summed E-state index contributed by atoms with van der Waals surface area (Å²) in [7, 11) is 0. The summed E-state index contributed by atoms with van der Waals surface area (Å²) in [6.07, 6.45) is 3.68. The fourth-order valence-corrected chi connectivity index (χ4v) is 5.62. The fourth-order valence-electron chi connectivity index (χ4n) is 5.62. The number of ketones is 1. The number of rotatable bonds is 1. The largest absolute Gasteiger partial charge is 0.295 e. The first-order valence-electron chi connectivity index (χ1n) is 7.34. The topological polar surface area (TPSA) is 17.1 Å². The molecule has 18 heavy (non-hydrogen) atoms. The molecular weight excluding hydrogens is 220 g/mol. The average molecular weight is 246 g/mol. The van der Waals surface area contributed by atoms with E-state index in [4.69, 9.17) is 0 Å². The molecule has 0 spiro atoms. The molecule has 0 saturated heterocycles. The van der Waals surface area contributed by atoms with Crippen molar-refractivity contribution in [3.8, 4) is 0 Å². The third-order valence-electron chi connectivity index (χ3n) is 7.31. The minimum absolute atomic E-state index is 0.309. The lowest BCUT2D eigenvalue weighted by atomic mass is 9.32. The number of Topliss-reactive ketones (excluding diaryl/α,β-unsaturated/α-hetero) is 1. The molecular formula is C17H26O. The first-order valence-corrected chi connectivity index (χ1v) is 7.34. The Kier molecular flexibility index (Phi) is 2.15. The van der Waals surface area contributed by atoms with Crippen LogP contribution in [0.2, 0.25) is 0 Å². The summed E-state index contributed by atoms with van der Waals surface area (Å²) in [5.41, 5.74) is 3.86. The van der Waals surface area contributed by atoms with E-state index in [0.29, 0.717) is 27.9 Å². The van der Waals surface area contributed by atoms with Crippen molar-refractivity contribution in [2.45, 2.75) is 60.8 Å². The highest BCUT2D eigenvalue weighted by Crippen LogP contribution is 2.77. The van der Waals surface area contributed by atoms with Crippen LogP contribution in [0.4, 0.5) is 0 Å². The van der Waals surface area contributed by atoms with Crippen molar-refractivity contribution in [2.75, 3.05) is 0 Å². The van der Waals surface area contributed by atoms with Gasteiger partial charge in [-0.25, -0.2) is 0 Å². The number of allylic oxidation sites excluding steroid dienone is 2. The molecule has 0 amide bonds. The van der Waals surface area contributed by atoms with Crippen molar-refractivity contribution in [3.05, 3.63) is 11.1 Å². The zero-order chi connectivity index (χ0) is 13.5. The van der Waals surface area contributed by atoms with Crippen LogP contribution in [-0.4, -0.2) is 5.78 Å². The number of hydrogen-bond donors (Lipinski definition) is 0. The molecule has 3 fully saturated rings. The third-order valence-corrected chi connectivity index (χ3v) is 7.31. The van der Waals surface area contributed by atoms with Gasteiger partial charge in [0.1, 0.15) is 0 Å². The molecule has 0 radical (unpaired) electrons. The van der Waals surface area contributed by atoms with Gasteiger partial charge in [0.15, 0.2) is 5.78 Å². The Bertz CT molecular complexity index is 470. The predicted molar refractivity (Wildman–Crippen MR) is 74.2 cm³/mol. The lowest BCUT2D eigenvalue weighted by Crippen LogP contribution is -2.65. The maximum atomic E-state index is 11.8. The summed E-state index contributed by atoms with van der Waals surface area (Å²) in [5, 5.41) is 0. The highest BCUT2D eigenvalue weighted by Gasteiger charge is 2.70. The third kappa shape index (κ3) is 1.12. The van der Waals surface area contributed by atoms with Gasteiger partial charge in [-0.15, -0.1) is 0 Å². The van der Waals surface area contributed by atoms with E-state index in [1.54, 1.807) is 6.92 Å². The lowest BCUT2D eigenvalue weighted by molar-refractivity contribution is -0.228. The predicted octanol–water partition coefficient (Wildman–Crippen LogP) is 4.37. The van der Waals surface area contributed by atoms with Crippen molar-refractivity contribution >= 4 is 5.78 Å². The van der Waals surface area contributed by atoms with Crippen molar-refractivity contribution in [2.24, 2.45) is 28.1 Å². The molecule has 0 heterocycles. The van der Waals surface area contributed by atoms with Crippen molar-refractivity contribution in [3.63, 3.8) is 0 Å². The van der Waals surface area contributed by atoms with E-state index in [9.17, 15) is 4.79 Å². The molecule has 0 aliphatic heterocycles. The van der Waals surface area contributed by atoms with Crippen LogP contribution in [0.3, 0.4) is 0 Å². The van der Waals surface area contributed by atoms with Gasteiger partial charge in [0.2, 0.25) is 0 Å². The summed E-state index contributed by atoms with van der Waals surface area (Å²) in [6, 6.07) is 0. The van der Waals surface area contributed by atoms with Crippen LogP contribution in [0.15, 0.2) is 11.1 Å². The van der Waals surface area contributed by atoms with E-state index >= 15 is 0 Å². The van der Waals surface area contributed by atoms with Crippen molar-refractivity contribution < 1.29 is 4.79 Å². The number of carbonyl (C=O) groups is 1. The Morgan fingerprint density at radius 2 is 1.78 bits per heavy atom. The van der Waals surface area contributed by atoms with Gasteiger partial charge in [0.25, 0.3) is 0 Å². The molecule has 0 N–H and O–H groups in total. The second-order valence-electron chi connectivity index (χ2n) is 8.20. The molecule has 1 nitrogen and oxygen atoms in total. The lowest BCUT2D eigenvalue weighted by Gasteiger charge is -2.72. The van der Waals surface area contributed by atoms with Gasteiger partial charge in [-0.05, 0) is 66.8 Å². The van der Waals surface area contributed by atoms with E-state index in [1.165, 1.54) is 18.4 Å². The summed E-state index contributed by atoms with van der Waals surface area (Å²) in [6.45, 7) is 13.8. The molecule has 4 atom stereocenters. The van der Waals surface area contributed by atoms with Gasteiger partial charge in [-0.2, -0.15) is 0 Å². The summed E-state index contributed by atoms with van der Waals surface area (Å²) in [4.78, 5) is 11.8. The van der Waals surface area contributed by atoms with Crippen LogP contribution in [0.5, 0.6) is 0 Å². The highest BCUT2D eigenvalue weighted by molar-refractivity contribution is 5.95. The van der Waals surface area contributed by atoms with E-state index in [2.05, 4.69) is 34.6 Å². The van der Waals surface area contributed by atoms with Crippen LogP contribution in [0.25, 0.3) is 0 Å². The molecule has 4 aliphatic carbocycles. The first kappa shape index (κ1) is 12.4. The number of hydrogen-bond acceptors (Lipinski definition) is 1. The Balaban J connectivity index is 2.04. The van der Waals surface area contributed by atoms with Crippen LogP contribution in [0, 0.1) is 28.1 Å². The van der Waals surface area contributed by atoms with Crippen molar-refractivity contribution in [1.82, 2.24) is 0 Å². The minimum atomic E-state index is 0.309. The van der Waals surface area contributed by atoms with Gasteiger partial charge >= 0.3 is 0 Å². The molecule has 0 aromatic carbocycles. The molecule has 100 valence electrons. The van der Waals surface area contributed by atoms with Crippen LogP contribution >= 0.6 is 0 Å². The van der Waals surface area contributed by atoms with Crippen molar-refractivity contribution in [1.29, 1.82) is 0 Å². The Morgan fingerprint density at radius 3 is 2.28 bits per heavy atom. The quantitative estimate of drug-likeness (QED) is 0.671. The van der Waals surface area contributed by atoms with Crippen LogP contribution in [0.1, 0.15) is 60.8 Å². The second-order valence-corrected chi connectivity index (χ2v) is 8.20. The summed E-state index contributed by atoms with van der Waals surface area (Å²) < 4.78 is 0. The number of carbonyl (C=O) groups excluding carboxylic acids is 1. The van der Waals surface area contributed by atoms with Gasteiger partial charge in [0, 0.05) is 0 Å². The molecule has 2 bridgehead atoms. The summed E-state index contributed by atoms with van der Waals surface area (Å²) in [5.74, 6) is 1.76. The van der Waals surface area contributed by atoms with Gasteiger partial charge in [-0.1, -0.05) is 33.3 Å². The zero-order valence-corrected chi connectivity index (χ0v) is 12.7. The standard InChI is InChI=1S/C17H26O/c1-10-12(11(2)18)7-17(6)13(10)8-16(5)9-14(17)15(16,3)4/h13-14H,7-9H2,1-6H3/t13-,14-,16-,17+/m1/s1. The Hall–Kier alpha value is -0.590. The molecule has 3 saturated carbocycles. The molecule has 0 unspecified atom stereocenters. The zero-order valence-electron chi connectivity index (χ0n) is 12.7. The molecule has 0 aromatic heterocycles. The molecule has 1 heteroatoms. The van der Waals surface area contributed by atoms with Gasteiger partial charge < -0.3 is 0 Å². The van der Waals surface area contributed by atoms with E-state index in [0.717, 1.165) is 17.9 Å². The molecule has 4 rings (SSSR count). The monoisotopic (exact) mass is 246 g/mol. The summed E-state index contributed by atoms with van der Waals surface area (Å²) >= 11 is 0. The smallest absolute Gasteiger partial charge is 0.155 e. The first-order chi connectivity index (χ1) is 8.13. The van der Waals surface area contributed by atoms with Gasteiger partial charge in [0.05, 0.1) is 0 Å². The maximum Gasteiger partial charge on any atom is 0.155 e. The van der Waals surface area contributed by atoms with Crippen LogP contribution in [-0.2, 0) is 4.79 Å². The molecule has 0 aromatic rings. The minimum Gasteiger partial charge on any atom is -0.295 e. The average Bonchev–Trinajstić information content (AvgIpc) is 2.52. The molecule has 4 aliphatic rings.